The molecule has 0 aliphatic heterocycles. The topological polar surface area (TPSA) is 55.0 Å². The molecule has 1 aromatic rings. The third kappa shape index (κ3) is 2.58. The lowest BCUT2D eigenvalue weighted by Gasteiger charge is -2.25. The SMILES string of the molecule is CCCN(c1ncc(N)cn1)C(C)C. The van der Waals surface area contributed by atoms with Crippen LogP contribution in [0.3, 0.4) is 0 Å². The predicted octanol–water partition coefficient (Wildman–Crippen LogP) is 1.68. The van der Waals surface area contributed by atoms with Gasteiger partial charge < -0.3 is 10.6 Å². The molecule has 0 aliphatic rings. The van der Waals surface area contributed by atoms with Gasteiger partial charge in [0.2, 0.25) is 5.95 Å². The molecular weight excluding hydrogens is 176 g/mol. The van der Waals surface area contributed by atoms with E-state index >= 15 is 0 Å². The molecule has 0 fully saturated rings. The zero-order valence-electron chi connectivity index (χ0n) is 9.07. The van der Waals surface area contributed by atoms with Crippen molar-refractivity contribution in [1.29, 1.82) is 0 Å². The Balaban J connectivity index is 2.82. The average molecular weight is 194 g/mol. The first-order valence-electron chi connectivity index (χ1n) is 4.99. The summed E-state index contributed by atoms with van der Waals surface area (Å²) in [5.41, 5.74) is 6.14. The molecule has 1 rings (SSSR count). The first-order chi connectivity index (χ1) is 6.65. The van der Waals surface area contributed by atoms with E-state index < -0.39 is 0 Å². The molecule has 1 aromatic heterocycles. The number of hydrogen-bond donors (Lipinski definition) is 1. The normalized spacial score (nSPS) is 10.6. The van der Waals surface area contributed by atoms with Gasteiger partial charge in [-0.1, -0.05) is 6.92 Å². The van der Waals surface area contributed by atoms with Crippen molar-refractivity contribution in [3.63, 3.8) is 0 Å². The highest BCUT2D eigenvalue weighted by Gasteiger charge is 2.11. The number of anilines is 2. The van der Waals surface area contributed by atoms with Gasteiger partial charge in [0.05, 0.1) is 18.1 Å². The maximum Gasteiger partial charge on any atom is 0.225 e. The maximum atomic E-state index is 5.53. The highest BCUT2D eigenvalue weighted by molar-refractivity contribution is 5.38. The molecule has 4 nitrogen and oxygen atoms in total. The fraction of sp³-hybridized carbons (Fsp3) is 0.600. The van der Waals surface area contributed by atoms with Gasteiger partial charge in [-0.05, 0) is 20.3 Å². The molecule has 0 spiro atoms. The molecule has 0 unspecified atom stereocenters. The number of nitrogen functional groups attached to an aromatic ring is 1. The van der Waals surface area contributed by atoms with Crippen molar-refractivity contribution in [3.05, 3.63) is 12.4 Å². The predicted molar refractivity (Wildman–Crippen MR) is 59.2 cm³/mol. The summed E-state index contributed by atoms with van der Waals surface area (Å²) >= 11 is 0. The fourth-order valence-corrected chi connectivity index (χ4v) is 1.31. The molecule has 2 N–H and O–H groups in total. The zero-order valence-corrected chi connectivity index (χ0v) is 9.07. The van der Waals surface area contributed by atoms with Crippen molar-refractivity contribution in [2.75, 3.05) is 17.2 Å². The van der Waals surface area contributed by atoms with Crippen molar-refractivity contribution >= 4 is 11.6 Å². The van der Waals surface area contributed by atoms with Crippen LogP contribution in [0.1, 0.15) is 27.2 Å². The number of rotatable bonds is 4. The summed E-state index contributed by atoms with van der Waals surface area (Å²) < 4.78 is 0. The Kier molecular flexibility index (Phi) is 3.68. The lowest BCUT2D eigenvalue weighted by Crippen LogP contribution is -2.32. The smallest absolute Gasteiger partial charge is 0.225 e. The molecule has 1 heterocycles. The molecule has 78 valence electrons. The van der Waals surface area contributed by atoms with Crippen molar-refractivity contribution in [3.8, 4) is 0 Å². The van der Waals surface area contributed by atoms with Crippen molar-refractivity contribution in [1.82, 2.24) is 9.97 Å². The Morgan fingerprint density at radius 2 is 1.93 bits per heavy atom. The van der Waals surface area contributed by atoms with Crippen LogP contribution in [0.4, 0.5) is 11.6 Å². The summed E-state index contributed by atoms with van der Waals surface area (Å²) in [7, 11) is 0. The van der Waals surface area contributed by atoms with E-state index in [1.807, 2.05) is 0 Å². The molecule has 0 atom stereocenters. The van der Waals surface area contributed by atoms with Gasteiger partial charge in [0.1, 0.15) is 0 Å². The molecule has 0 saturated heterocycles. The Bertz CT molecular complexity index is 268. The molecule has 0 radical (unpaired) electrons. The second-order valence-corrected chi connectivity index (χ2v) is 3.60. The third-order valence-electron chi connectivity index (χ3n) is 2.00. The maximum absolute atomic E-state index is 5.53. The average Bonchev–Trinajstić information content (AvgIpc) is 2.15. The van der Waals surface area contributed by atoms with Gasteiger partial charge in [-0.15, -0.1) is 0 Å². The minimum atomic E-state index is 0.415. The summed E-state index contributed by atoms with van der Waals surface area (Å²) in [4.78, 5) is 10.6. The molecule has 0 aromatic carbocycles. The summed E-state index contributed by atoms with van der Waals surface area (Å²) in [5, 5.41) is 0. The molecule has 0 bridgehead atoms. The minimum absolute atomic E-state index is 0.415. The van der Waals surface area contributed by atoms with E-state index in [9.17, 15) is 0 Å². The van der Waals surface area contributed by atoms with Crippen LogP contribution in [0.5, 0.6) is 0 Å². The summed E-state index contributed by atoms with van der Waals surface area (Å²) in [6, 6.07) is 0.415. The molecule has 0 aliphatic carbocycles. The van der Waals surface area contributed by atoms with E-state index in [2.05, 4.69) is 35.6 Å². The number of nitrogens with zero attached hydrogens (tertiary/aromatic N) is 3. The van der Waals surface area contributed by atoms with E-state index in [0.29, 0.717) is 11.7 Å². The van der Waals surface area contributed by atoms with E-state index in [0.717, 1.165) is 18.9 Å². The van der Waals surface area contributed by atoms with E-state index in [1.165, 1.54) is 0 Å². The minimum Gasteiger partial charge on any atom is -0.396 e. The van der Waals surface area contributed by atoms with Crippen molar-refractivity contribution in [2.45, 2.75) is 33.2 Å². The van der Waals surface area contributed by atoms with Crippen molar-refractivity contribution < 1.29 is 0 Å². The standard InChI is InChI=1S/C10H18N4/c1-4-5-14(8(2)3)10-12-6-9(11)7-13-10/h6-8H,4-5,11H2,1-3H3. The quantitative estimate of drug-likeness (QED) is 0.792. The van der Waals surface area contributed by atoms with Crippen LogP contribution in [0.2, 0.25) is 0 Å². The van der Waals surface area contributed by atoms with Gasteiger partial charge in [-0.25, -0.2) is 9.97 Å². The Labute approximate surface area is 85.2 Å². The largest absolute Gasteiger partial charge is 0.396 e. The van der Waals surface area contributed by atoms with Crippen LogP contribution >= 0.6 is 0 Å². The van der Waals surface area contributed by atoms with E-state index in [1.54, 1.807) is 12.4 Å². The van der Waals surface area contributed by atoms with Gasteiger partial charge in [-0.3, -0.25) is 0 Å². The molecular formula is C10H18N4. The van der Waals surface area contributed by atoms with Crippen molar-refractivity contribution in [2.24, 2.45) is 0 Å². The molecule has 0 amide bonds. The third-order valence-corrected chi connectivity index (χ3v) is 2.00. The first-order valence-corrected chi connectivity index (χ1v) is 4.99. The second-order valence-electron chi connectivity index (χ2n) is 3.60. The van der Waals surface area contributed by atoms with Gasteiger partial charge >= 0.3 is 0 Å². The van der Waals surface area contributed by atoms with Gasteiger partial charge in [0, 0.05) is 12.6 Å². The highest BCUT2D eigenvalue weighted by atomic mass is 15.3. The van der Waals surface area contributed by atoms with Crippen LogP contribution in [0.15, 0.2) is 12.4 Å². The fourth-order valence-electron chi connectivity index (χ4n) is 1.31. The second kappa shape index (κ2) is 4.79. The van der Waals surface area contributed by atoms with Gasteiger partial charge in [-0.2, -0.15) is 0 Å². The van der Waals surface area contributed by atoms with E-state index in [-0.39, 0.29) is 0 Å². The number of nitrogens with two attached hydrogens (primary N) is 1. The molecule has 14 heavy (non-hydrogen) atoms. The lowest BCUT2D eigenvalue weighted by atomic mass is 10.3. The van der Waals surface area contributed by atoms with Gasteiger partial charge in [0.15, 0.2) is 0 Å². The van der Waals surface area contributed by atoms with Gasteiger partial charge in [0.25, 0.3) is 0 Å². The molecule has 4 heteroatoms. The summed E-state index contributed by atoms with van der Waals surface area (Å²) in [5.74, 6) is 0.760. The number of hydrogen-bond acceptors (Lipinski definition) is 4. The highest BCUT2D eigenvalue weighted by Crippen LogP contribution is 2.11. The molecule has 0 saturated carbocycles. The van der Waals surface area contributed by atoms with Crippen LogP contribution in [-0.4, -0.2) is 22.6 Å². The van der Waals surface area contributed by atoms with Crippen LogP contribution in [-0.2, 0) is 0 Å². The Morgan fingerprint density at radius 1 is 1.36 bits per heavy atom. The monoisotopic (exact) mass is 194 g/mol. The van der Waals surface area contributed by atoms with E-state index in [4.69, 9.17) is 5.73 Å². The van der Waals surface area contributed by atoms with Crippen LogP contribution in [0, 0.1) is 0 Å². The van der Waals surface area contributed by atoms with Crippen LogP contribution in [0.25, 0.3) is 0 Å². The summed E-state index contributed by atoms with van der Waals surface area (Å²) in [6.45, 7) is 7.39. The Hall–Kier alpha value is -1.32. The summed E-state index contributed by atoms with van der Waals surface area (Å²) in [6.07, 6.45) is 4.38. The lowest BCUT2D eigenvalue weighted by molar-refractivity contribution is 0.651. The zero-order chi connectivity index (χ0) is 10.6. The first kappa shape index (κ1) is 10.8. The Morgan fingerprint density at radius 3 is 2.36 bits per heavy atom. The number of aromatic nitrogens is 2. The van der Waals surface area contributed by atoms with Crippen LogP contribution < -0.4 is 10.6 Å².